The Bertz CT molecular complexity index is 463. The molecule has 0 saturated heterocycles. The topological polar surface area (TPSA) is 63.6 Å². The van der Waals surface area contributed by atoms with Crippen LogP contribution in [0.15, 0.2) is 24.3 Å². The van der Waals surface area contributed by atoms with Crippen LogP contribution < -0.4 is 4.74 Å². The van der Waals surface area contributed by atoms with Crippen molar-refractivity contribution in [2.24, 2.45) is 0 Å². The Balaban J connectivity index is 3.16. The number of hydrogen-bond donors (Lipinski definition) is 1. The Morgan fingerprint density at radius 1 is 1.31 bits per heavy atom. The first kappa shape index (κ1) is 13.0. The fourth-order valence-corrected chi connectivity index (χ4v) is 2.81. The predicted molar refractivity (Wildman–Crippen MR) is 62.4 cm³/mol. The van der Waals surface area contributed by atoms with Crippen LogP contribution in [0.1, 0.15) is 19.4 Å². The van der Waals surface area contributed by atoms with Crippen LogP contribution in [0, 0.1) is 0 Å². The van der Waals surface area contributed by atoms with Crippen LogP contribution in [0.3, 0.4) is 0 Å². The van der Waals surface area contributed by atoms with E-state index >= 15 is 0 Å². The van der Waals surface area contributed by atoms with Crippen molar-refractivity contribution in [3.8, 4) is 5.75 Å². The van der Waals surface area contributed by atoms with Gasteiger partial charge in [0.15, 0.2) is 0 Å². The summed E-state index contributed by atoms with van der Waals surface area (Å²) in [6.45, 7) is 3.50. The van der Waals surface area contributed by atoms with Gasteiger partial charge in [0.05, 0.1) is 12.9 Å². The van der Waals surface area contributed by atoms with Crippen molar-refractivity contribution < 1.29 is 17.7 Å². The molecule has 0 aliphatic heterocycles. The maximum absolute atomic E-state index is 10.9. The van der Waals surface area contributed by atoms with Gasteiger partial charge in [-0.2, -0.15) is 8.42 Å². The van der Waals surface area contributed by atoms with E-state index in [1.807, 2.05) is 12.1 Å². The van der Waals surface area contributed by atoms with Crippen molar-refractivity contribution in [1.29, 1.82) is 0 Å². The van der Waals surface area contributed by atoms with Gasteiger partial charge in [0.1, 0.15) is 5.75 Å². The van der Waals surface area contributed by atoms with Gasteiger partial charge in [0.2, 0.25) is 0 Å². The predicted octanol–water partition coefficient (Wildman–Crippen LogP) is 1.86. The number of hydrogen-bond acceptors (Lipinski definition) is 3. The zero-order valence-electron chi connectivity index (χ0n) is 9.60. The molecule has 16 heavy (non-hydrogen) atoms. The summed E-state index contributed by atoms with van der Waals surface area (Å²) in [6.07, 6.45) is 0. The van der Waals surface area contributed by atoms with Gasteiger partial charge < -0.3 is 4.74 Å². The highest BCUT2D eigenvalue weighted by Gasteiger charge is 2.29. The largest absolute Gasteiger partial charge is 0.496 e. The summed E-state index contributed by atoms with van der Waals surface area (Å²) in [5, 5.41) is 0. The van der Waals surface area contributed by atoms with Crippen molar-refractivity contribution in [3.63, 3.8) is 0 Å². The zero-order valence-corrected chi connectivity index (χ0v) is 10.4. The minimum Gasteiger partial charge on any atom is -0.496 e. The molecule has 1 rings (SSSR count). The average molecular weight is 244 g/mol. The molecule has 0 heterocycles. The van der Waals surface area contributed by atoms with Gasteiger partial charge in [-0.25, -0.2) is 0 Å². The van der Waals surface area contributed by atoms with Crippen LogP contribution >= 0.6 is 0 Å². The summed E-state index contributed by atoms with van der Waals surface area (Å²) in [6, 6.07) is 7.18. The molecule has 0 aliphatic carbocycles. The first-order valence-corrected chi connectivity index (χ1v) is 6.46. The van der Waals surface area contributed by atoms with Gasteiger partial charge in [-0.1, -0.05) is 32.0 Å². The Morgan fingerprint density at radius 2 is 1.88 bits per heavy atom. The lowest BCUT2D eigenvalue weighted by Crippen LogP contribution is -2.28. The molecule has 0 bridgehead atoms. The van der Waals surface area contributed by atoms with E-state index in [-0.39, 0.29) is 5.75 Å². The molecule has 0 saturated carbocycles. The SMILES string of the molecule is COc1ccccc1C(C)(C)CS(=O)(=O)O. The van der Waals surface area contributed by atoms with Crippen LogP contribution in [0.5, 0.6) is 5.75 Å². The van der Waals surface area contributed by atoms with Gasteiger partial charge >= 0.3 is 0 Å². The Kier molecular flexibility index (Phi) is 3.60. The van der Waals surface area contributed by atoms with Gasteiger partial charge in [-0.05, 0) is 6.07 Å². The van der Waals surface area contributed by atoms with E-state index in [1.165, 1.54) is 7.11 Å². The average Bonchev–Trinajstić information content (AvgIpc) is 2.14. The molecule has 1 aromatic rings. The molecular weight excluding hydrogens is 228 g/mol. The summed E-state index contributed by atoms with van der Waals surface area (Å²) < 4.78 is 35.9. The van der Waals surface area contributed by atoms with Gasteiger partial charge in [-0.3, -0.25) is 4.55 Å². The summed E-state index contributed by atoms with van der Waals surface area (Å²) in [7, 11) is -2.48. The van der Waals surface area contributed by atoms with Crippen molar-refractivity contribution >= 4 is 10.1 Å². The Hall–Kier alpha value is -1.07. The normalized spacial score (nSPS) is 12.5. The first-order chi connectivity index (χ1) is 7.26. The van der Waals surface area contributed by atoms with E-state index in [2.05, 4.69) is 0 Å². The van der Waals surface area contributed by atoms with E-state index < -0.39 is 15.5 Å². The van der Waals surface area contributed by atoms with Crippen molar-refractivity contribution in [2.75, 3.05) is 12.9 Å². The highest BCUT2D eigenvalue weighted by molar-refractivity contribution is 7.85. The molecule has 0 fully saturated rings. The monoisotopic (exact) mass is 244 g/mol. The standard InChI is InChI=1S/C11H16O4S/c1-11(2,8-16(12,13)14)9-6-4-5-7-10(9)15-3/h4-7H,8H2,1-3H3,(H,12,13,14). The lowest BCUT2D eigenvalue weighted by molar-refractivity contribution is 0.395. The zero-order chi connectivity index (χ0) is 12.4. The Morgan fingerprint density at radius 3 is 2.38 bits per heavy atom. The highest BCUT2D eigenvalue weighted by atomic mass is 32.2. The van der Waals surface area contributed by atoms with Gasteiger partial charge in [0, 0.05) is 11.0 Å². The summed E-state index contributed by atoms with van der Waals surface area (Å²) in [5.41, 5.74) is 0.0651. The van der Waals surface area contributed by atoms with E-state index in [0.29, 0.717) is 5.75 Å². The summed E-state index contributed by atoms with van der Waals surface area (Å²) in [5.74, 6) is 0.288. The lowest BCUT2D eigenvalue weighted by Gasteiger charge is -2.25. The van der Waals surface area contributed by atoms with Crippen molar-refractivity contribution in [2.45, 2.75) is 19.3 Å². The second-order valence-electron chi connectivity index (χ2n) is 4.31. The molecule has 0 aliphatic rings. The summed E-state index contributed by atoms with van der Waals surface area (Å²) >= 11 is 0. The van der Waals surface area contributed by atoms with Crippen LogP contribution in [0.2, 0.25) is 0 Å². The van der Waals surface area contributed by atoms with Crippen LogP contribution in [0.4, 0.5) is 0 Å². The van der Waals surface area contributed by atoms with Crippen LogP contribution in [0.25, 0.3) is 0 Å². The second-order valence-corrected chi connectivity index (χ2v) is 5.76. The first-order valence-electron chi connectivity index (χ1n) is 4.85. The van der Waals surface area contributed by atoms with Gasteiger partial charge in [-0.15, -0.1) is 0 Å². The van der Waals surface area contributed by atoms with E-state index in [1.54, 1.807) is 26.0 Å². The number of methoxy groups -OCH3 is 1. The van der Waals surface area contributed by atoms with Crippen molar-refractivity contribution in [3.05, 3.63) is 29.8 Å². The number of benzene rings is 1. The third-order valence-corrected chi connectivity index (χ3v) is 3.47. The minimum absolute atomic E-state index is 0.333. The quantitative estimate of drug-likeness (QED) is 0.821. The van der Waals surface area contributed by atoms with E-state index in [0.717, 1.165) is 5.56 Å². The molecule has 0 spiro atoms. The molecule has 90 valence electrons. The Labute approximate surface area is 96.0 Å². The molecule has 0 aromatic heterocycles. The molecule has 4 nitrogen and oxygen atoms in total. The van der Waals surface area contributed by atoms with Crippen molar-refractivity contribution in [1.82, 2.24) is 0 Å². The van der Waals surface area contributed by atoms with Gasteiger partial charge in [0.25, 0.3) is 10.1 Å². The smallest absolute Gasteiger partial charge is 0.265 e. The number of para-hydroxylation sites is 1. The molecule has 0 unspecified atom stereocenters. The van der Waals surface area contributed by atoms with Crippen LogP contribution in [-0.4, -0.2) is 25.8 Å². The number of rotatable bonds is 4. The maximum Gasteiger partial charge on any atom is 0.265 e. The maximum atomic E-state index is 10.9. The van der Waals surface area contributed by atoms with E-state index in [9.17, 15) is 8.42 Å². The molecule has 0 atom stereocenters. The molecule has 0 radical (unpaired) electrons. The minimum atomic E-state index is -4.01. The number of ether oxygens (including phenoxy) is 1. The van der Waals surface area contributed by atoms with Crippen LogP contribution in [-0.2, 0) is 15.5 Å². The second kappa shape index (κ2) is 4.43. The summed E-state index contributed by atoms with van der Waals surface area (Å²) in [4.78, 5) is 0. The third-order valence-electron chi connectivity index (χ3n) is 2.38. The van der Waals surface area contributed by atoms with E-state index in [4.69, 9.17) is 9.29 Å². The third kappa shape index (κ3) is 3.21. The molecule has 5 heteroatoms. The molecule has 1 N–H and O–H groups in total. The highest BCUT2D eigenvalue weighted by Crippen LogP contribution is 2.32. The molecule has 0 amide bonds. The molecule has 1 aromatic carbocycles. The fourth-order valence-electron chi connectivity index (χ4n) is 1.74. The lowest BCUT2D eigenvalue weighted by atomic mass is 9.86. The fraction of sp³-hybridized carbons (Fsp3) is 0.455. The molecular formula is C11H16O4S.